The van der Waals surface area contributed by atoms with Gasteiger partial charge in [-0.3, -0.25) is 4.79 Å². The van der Waals surface area contributed by atoms with Crippen LogP contribution in [0, 0.1) is 0 Å². The molecule has 0 saturated heterocycles. The highest BCUT2D eigenvalue weighted by atomic mass is 79.9. The second-order valence-corrected chi connectivity index (χ2v) is 6.00. The maximum absolute atomic E-state index is 12.2. The van der Waals surface area contributed by atoms with Crippen molar-refractivity contribution in [2.75, 3.05) is 27.3 Å². The maximum atomic E-state index is 12.2. The largest absolute Gasteiger partial charge is 0.486 e. The monoisotopic (exact) mass is 381 g/mol. The van der Waals surface area contributed by atoms with Crippen LogP contribution in [0.15, 0.2) is 45.3 Å². The lowest BCUT2D eigenvalue weighted by molar-refractivity contribution is 0.0744. The normalized spacial score (nSPS) is 10.6. The number of methoxy groups -OCH3 is 1. The van der Waals surface area contributed by atoms with Crippen LogP contribution < -0.4 is 4.74 Å². The number of furan rings is 1. The first-order valence-corrected chi connectivity index (χ1v) is 8.11. The molecule has 0 N–H and O–H groups in total. The number of hydrogen-bond acceptors (Lipinski definition) is 4. The number of carbonyl (C=O) groups is 1. The maximum Gasteiger partial charge on any atom is 0.289 e. The minimum absolute atomic E-state index is 0.144. The van der Waals surface area contributed by atoms with E-state index in [1.807, 2.05) is 24.3 Å². The first-order valence-electron chi connectivity index (χ1n) is 7.31. The van der Waals surface area contributed by atoms with Crippen LogP contribution in [-0.4, -0.2) is 38.1 Å². The van der Waals surface area contributed by atoms with Gasteiger partial charge in [0.15, 0.2) is 5.76 Å². The fraction of sp³-hybridized carbons (Fsp3) is 0.353. The molecular formula is C17H20BrNO4. The van der Waals surface area contributed by atoms with E-state index in [1.165, 1.54) is 0 Å². The highest BCUT2D eigenvalue weighted by molar-refractivity contribution is 9.10. The lowest BCUT2D eigenvalue weighted by Crippen LogP contribution is -2.28. The van der Waals surface area contributed by atoms with Gasteiger partial charge in [0.2, 0.25) is 0 Å². The van der Waals surface area contributed by atoms with Gasteiger partial charge in [-0.05, 0) is 36.8 Å². The first-order chi connectivity index (χ1) is 11.1. The van der Waals surface area contributed by atoms with Crippen molar-refractivity contribution in [1.29, 1.82) is 0 Å². The van der Waals surface area contributed by atoms with Crippen molar-refractivity contribution in [3.63, 3.8) is 0 Å². The number of benzene rings is 1. The molecule has 0 spiro atoms. The summed E-state index contributed by atoms with van der Waals surface area (Å²) in [6, 6.07) is 11.0. The molecule has 6 heteroatoms. The third kappa shape index (κ3) is 5.41. The van der Waals surface area contributed by atoms with Crippen molar-refractivity contribution in [2.45, 2.75) is 13.0 Å². The van der Waals surface area contributed by atoms with Crippen LogP contribution in [0.25, 0.3) is 0 Å². The molecule has 5 nitrogen and oxygen atoms in total. The summed E-state index contributed by atoms with van der Waals surface area (Å²) < 4.78 is 17.1. The van der Waals surface area contributed by atoms with E-state index in [1.54, 1.807) is 31.2 Å². The average Bonchev–Trinajstić information content (AvgIpc) is 3.01. The minimum Gasteiger partial charge on any atom is -0.486 e. The van der Waals surface area contributed by atoms with Crippen molar-refractivity contribution in [3.8, 4) is 5.75 Å². The van der Waals surface area contributed by atoms with Crippen molar-refractivity contribution in [3.05, 3.63) is 52.4 Å². The summed E-state index contributed by atoms with van der Waals surface area (Å²) in [5.74, 6) is 1.52. The number of halogens is 1. The number of rotatable bonds is 8. The Balaban J connectivity index is 1.88. The smallest absolute Gasteiger partial charge is 0.289 e. The first kappa shape index (κ1) is 17.6. The zero-order chi connectivity index (χ0) is 16.7. The predicted octanol–water partition coefficient (Wildman–Crippen LogP) is 3.73. The van der Waals surface area contributed by atoms with Gasteiger partial charge in [-0.2, -0.15) is 0 Å². The number of carbonyl (C=O) groups excluding carboxylic acids is 1. The minimum atomic E-state index is -0.144. The van der Waals surface area contributed by atoms with Gasteiger partial charge in [-0.1, -0.05) is 22.0 Å². The van der Waals surface area contributed by atoms with Gasteiger partial charge >= 0.3 is 0 Å². The van der Waals surface area contributed by atoms with E-state index < -0.39 is 0 Å². The van der Waals surface area contributed by atoms with Crippen molar-refractivity contribution in [1.82, 2.24) is 4.90 Å². The molecule has 0 fully saturated rings. The van der Waals surface area contributed by atoms with Crippen LogP contribution in [0.3, 0.4) is 0 Å². The Morgan fingerprint density at radius 3 is 2.87 bits per heavy atom. The number of nitrogens with zero attached hydrogens (tertiary/aromatic N) is 1. The van der Waals surface area contributed by atoms with E-state index in [9.17, 15) is 4.79 Å². The molecule has 0 aliphatic rings. The average molecular weight is 382 g/mol. The van der Waals surface area contributed by atoms with Crippen molar-refractivity contribution < 1.29 is 18.7 Å². The van der Waals surface area contributed by atoms with Crippen LogP contribution in [0.4, 0.5) is 0 Å². The van der Waals surface area contributed by atoms with E-state index >= 15 is 0 Å². The quantitative estimate of drug-likeness (QED) is 0.653. The lowest BCUT2D eigenvalue weighted by Gasteiger charge is -2.15. The van der Waals surface area contributed by atoms with E-state index in [2.05, 4.69) is 15.9 Å². The Morgan fingerprint density at radius 1 is 1.30 bits per heavy atom. The van der Waals surface area contributed by atoms with Gasteiger partial charge in [0.05, 0.1) is 0 Å². The lowest BCUT2D eigenvalue weighted by atomic mass is 10.3. The number of amides is 1. The van der Waals surface area contributed by atoms with Crippen LogP contribution in [0.2, 0.25) is 0 Å². The summed E-state index contributed by atoms with van der Waals surface area (Å²) in [6.45, 7) is 1.52. The molecule has 0 aliphatic carbocycles. The van der Waals surface area contributed by atoms with Crippen LogP contribution in [-0.2, 0) is 11.3 Å². The Hall–Kier alpha value is -1.79. The molecule has 0 atom stereocenters. The summed E-state index contributed by atoms with van der Waals surface area (Å²) in [4.78, 5) is 13.8. The molecule has 124 valence electrons. The molecule has 2 aromatic rings. The highest BCUT2D eigenvalue weighted by Crippen LogP contribution is 2.19. The number of ether oxygens (including phenoxy) is 2. The third-order valence-electron chi connectivity index (χ3n) is 3.24. The van der Waals surface area contributed by atoms with Gasteiger partial charge in [0.25, 0.3) is 5.91 Å². The summed E-state index contributed by atoms with van der Waals surface area (Å²) in [6.07, 6.45) is 0.790. The van der Waals surface area contributed by atoms with Crippen molar-refractivity contribution in [2.24, 2.45) is 0 Å². The highest BCUT2D eigenvalue weighted by Gasteiger charge is 2.15. The number of hydrogen-bond donors (Lipinski definition) is 0. The van der Waals surface area contributed by atoms with Crippen molar-refractivity contribution >= 4 is 21.8 Å². The molecular weight excluding hydrogens is 362 g/mol. The molecule has 2 rings (SSSR count). The molecule has 0 bridgehead atoms. The fourth-order valence-corrected chi connectivity index (χ4v) is 2.40. The topological polar surface area (TPSA) is 51.9 Å². The second kappa shape index (κ2) is 8.74. The van der Waals surface area contributed by atoms with Gasteiger partial charge in [-0.25, -0.2) is 0 Å². The molecule has 0 saturated carbocycles. The molecule has 0 radical (unpaired) electrons. The predicted molar refractivity (Wildman–Crippen MR) is 90.6 cm³/mol. The third-order valence-corrected chi connectivity index (χ3v) is 3.73. The van der Waals surface area contributed by atoms with E-state index in [4.69, 9.17) is 13.9 Å². The van der Waals surface area contributed by atoms with Crippen LogP contribution >= 0.6 is 15.9 Å². The Bertz CT molecular complexity index is 641. The summed E-state index contributed by atoms with van der Waals surface area (Å²) in [5.41, 5.74) is 0. The summed E-state index contributed by atoms with van der Waals surface area (Å²) >= 11 is 3.39. The Labute approximate surface area is 144 Å². The molecule has 1 amide bonds. The van der Waals surface area contributed by atoms with Gasteiger partial charge in [0, 0.05) is 31.8 Å². The van der Waals surface area contributed by atoms with E-state index in [0.717, 1.165) is 16.6 Å². The Morgan fingerprint density at radius 2 is 2.13 bits per heavy atom. The van der Waals surface area contributed by atoms with E-state index in [0.29, 0.717) is 24.7 Å². The Kier molecular flexibility index (Phi) is 6.67. The SMILES string of the molecule is COCCCN(C)C(=O)c1ccc(COc2cccc(Br)c2)o1. The van der Waals surface area contributed by atoms with Crippen LogP contribution in [0.1, 0.15) is 22.7 Å². The summed E-state index contributed by atoms with van der Waals surface area (Å²) in [7, 11) is 3.39. The van der Waals surface area contributed by atoms with E-state index in [-0.39, 0.29) is 12.5 Å². The fourth-order valence-electron chi connectivity index (χ4n) is 2.02. The molecule has 1 aromatic carbocycles. The molecule has 0 aliphatic heterocycles. The molecule has 23 heavy (non-hydrogen) atoms. The van der Waals surface area contributed by atoms with Gasteiger partial charge in [-0.15, -0.1) is 0 Å². The zero-order valence-corrected chi connectivity index (χ0v) is 14.8. The molecule has 0 unspecified atom stereocenters. The van der Waals surface area contributed by atoms with Crippen LogP contribution in [0.5, 0.6) is 5.75 Å². The summed E-state index contributed by atoms with van der Waals surface area (Å²) in [5, 5.41) is 0. The zero-order valence-electron chi connectivity index (χ0n) is 13.3. The molecule has 1 heterocycles. The van der Waals surface area contributed by atoms with Gasteiger partial charge < -0.3 is 18.8 Å². The second-order valence-electron chi connectivity index (χ2n) is 5.09. The standard InChI is InChI=1S/C17H20BrNO4/c1-19(9-4-10-21-2)17(20)16-8-7-15(23-16)12-22-14-6-3-5-13(18)11-14/h3,5-8,11H,4,9-10,12H2,1-2H3. The van der Waals surface area contributed by atoms with Gasteiger partial charge in [0.1, 0.15) is 18.1 Å². The molecule has 1 aromatic heterocycles.